The van der Waals surface area contributed by atoms with E-state index in [1.807, 2.05) is 18.2 Å². The van der Waals surface area contributed by atoms with Gasteiger partial charge in [-0.05, 0) is 50.3 Å². The van der Waals surface area contributed by atoms with Gasteiger partial charge in [0.25, 0.3) is 0 Å². The molecular formula is C17H27N3O. The van der Waals surface area contributed by atoms with E-state index in [2.05, 4.69) is 22.3 Å². The Morgan fingerprint density at radius 3 is 2.90 bits per heavy atom. The first-order valence-electron chi connectivity index (χ1n) is 8.01. The highest BCUT2D eigenvalue weighted by atomic mass is 16.2. The minimum Gasteiger partial charge on any atom is -0.355 e. The predicted octanol–water partition coefficient (Wildman–Crippen LogP) is 1.41. The number of rotatable bonds is 7. The first kappa shape index (κ1) is 16.0. The van der Waals surface area contributed by atoms with Crippen LogP contribution >= 0.6 is 0 Å². The molecule has 1 aliphatic rings. The molecular weight excluding hydrogens is 262 g/mol. The van der Waals surface area contributed by atoms with Gasteiger partial charge in [0, 0.05) is 13.1 Å². The van der Waals surface area contributed by atoms with Crippen LogP contribution in [0.15, 0.2) is 30.3 Å². The summed E-state index contributed by atoms with van der Waals surface area (Å²) in [5, 5.41) is 3.02. The standard InChI is InChI=1S/C17H27N3O/c18-10-8-16-7-4-12-20(13-16)14-17(21)19-11-9-15-5-2-1-3-6-15/h1-3,5-6,16H,4,7-14,18H2,(H,19,21). The quantitative estimate of drug-likeness (QED) is 0.798. The zero-order chi connectivity index (χ0) is 14.9. The van der Waals surface area contributed by atoms with Gasteiger partial charge in [0.1, 0.15) is 0 Å². The maximum Gasteiger partial charge on any atom is 0.234 e. The third-order valence-corrected chi connectivity index (χ3v) is 4.12. The maximum absolute atomic E-state index is 12.0. The highest BCUT2D eigenvalue weighted by Crippen LogP contribution is 2.18. The summed E-state index contributed by atoms with van der Waals surface area (Å²) in [6.45, 7) is 4.04. The molecule has 116 valence electrons. The van der Waals surface area contributed by atoms with E-state index in [1.54, 1.807) is 0 Å². The molecule has 4 nitrogen and oxygen atoms in total. The highest BCUT2D eigenvalue weighted by Gasteiger charge is 2.20. The summed E-state index contributed by atoms with van der Waals surface area (Å²) >= 11 is 0. The number of likely N-dealkylation sites (tertiary alicyclic amines) is 1. The average Bonchev–Trinajstić information content (AvgIpc) is 2.49. The number of nitrogens with one attached hydrogen (secondary N) is 1. The minimum absolute atomic E-state index is 0.138. The van der Waals surface area contributed by atoms with Crippen molar-refractivity contribution in [2.24, 2.45) is 11.7 Å². The molecule has 1 aromatic rings. The van der Waals surface area contributed by atoms with Gasteiger partial charge in [-0.2, -0.15) is 0 Å². The number of hydrogen-bond acceptors (Lipinski definition) is 3. The van der Waals surface area contributed by atoms with Gasteiger partial charge in [-0.1, -0.05) is 30.3 Å². The van der Waals surface area contributed by atoms with Crippen molar-refractivity contribution in [1.29, 1.82) is 0 Å². The number of nitrogens with two attached hydrogens (primary N) is 1. The van der Waals surface area contributed by atoms with E-state index in [0.717, 1.165) is 32.5 Å². The lowest BCUT2D eigenvalue weighted by Gasteiger charge is -2.32. The van der Waals surface area contributed by atoms with E-state index in [0.29, 0.717) is 19.0 Å². The molecule has 4 heteroatoms. The summed E-state index contributed by atoms with van der Waals surface area (Å²) in [7, 11) is 0. The lowest BCUT2D eigenvalue weighted by molar-refractivity contribution is -0.122. The number of benzene rings is 1. The van der Waals surface area contributed by atoms with Crippen molar-refractivity contribution in [3.8, 4) is 0 Å². The summed E-state index contributed by atoms with van der Waals surface area (Å²) in [6.07, 6.45) is 4.40. The summed E-state index contributed by atoms with van der Waals surface area (Å²) in [6, 6.07) is 10.3. The summed E-state index contributed by atoms with van der Waals surface area (Å²) in [4.78, 5) is 14.3. The molecule has 0 saturated carbocycles. The van der Waals surface area contributed by atoms with Gasteiger partial charge in [0.15, 0.2) is 0 Å². The first-order valence-corrected chi connectivity index (χ1v) is 8.01. The van der Waals surface area contributed by atoms with Crippen LogP contribution in [-0.4, -0.2) is 43.5 Å². The summed E-state index contributed by atoms with van der Waals surface area (Å²) in [5.41, 5.74) is 6.89. The largest absolute Gasteiger partial charge is 0.355 e. The molecule has 1 unspecified atom stereocenters. The van der Waals surface area contributed by atoms with Crippen molar-refractivity contribution >= 4 is 5.91 Å². The monoisotopic (exact) mass is 289 g/mol. The smallest absolute Gasteiger partial charge is 0.234 e. The molecule has 1 fully saturated rings. The SMILES string of the molecule is NCCC1CCCN(CC(=O)NCCc2ccccc2)C1. The van der Waals surface area contributed by atoms with Gasteiger partial charge in [-0.15, -0.1) is 0 Å². The topological polar surface area (TPSA) is 58.4 Å². The van der Waals surface area contributed by atoms with Crippen LogP contribution in [0.2, 0.25) is 0 Å². The Morgan fingerprint density at radius 2 is 2.14 bits per heavy atom. The molecule has 0 radical (unpaired) electrons. The second-order valence-electron chi connectivity index (χ2n) is 5.91. The molecule has 1 amide bonds. The Labute approximate surface area is 127 Å². The van der Waals surface area contributed by atoms with Crippen molar-refractivity contribution in [2.75, 3.05) is 32.7 Å². The number of carbonyl (C=O) groups excluding carboxylic acids is 1. The summed E-state index contributed by atoms with van der Waals surface area (Å²) < 4.78 is 0. The molecule has 0 bridgehead atoms. The maximum atomic E-state index is 12.0. The van der Waals surface area contributed by atoms with Gasteiger partial charge in [-0.25, -0.2) is 0 Å². The molecule has 0 spiro atoms. The number of piperidine rings is 1. The van der Waals surface area contributed by atoms with Gasteiger partial charge < -0.3 is 11.1 Å². The molecule has 1 aromatic carbocycles. The number of amides is 1. The zero-order valence-electron chi connectivity index (χ0n) is 12.8. The van der Waals surface area contributed by atoms with Crippen LogP contribution in [0.4, 0.5) is 0 Å². The Morgan fingerprint density at radius 1 is 1.33 bits per heavy atom. The minimum atomic E-state index is 0.138. The number of carbonyl (C=O) groups is 1. The normalized spacial score (nSPS) is 19.4. The van der Waals surface area contributed by atoms with Crippen LogP contribution in [0.25, 0.3) is 0 Å². The molecule has 0 aromatic heterocycles. The summed E-state index contributed by atoms with van der Waals surface area (Å²) in [5.74, 6) is 0.806. The Balaban J connectivity index is 1.65. The zero-order valence-corrected chi connectivity index (χ0v) is 12.8. The predicted molar refractivity (Wildman–Crippen MR) is 86.0 cm³/mol. The van der Waals surface area contributed by atoms with Gasteiger partial charge in [-0.3, -0.25) is 9.69 Å². The third-order valence-electron chi connectivity index (χ3n) is 4.12. The Bertz CT molecular complexity index is 419. The van der Waals surface area contributed by atoms with E-state index < -0.39 is 0 Å². The van der Waals surface area contributed by atoms with E-state index in [9.17, 15) is 4.79 Å². The van der Waals surface area contributed by atoms with Crippen molar-refractivity contribution in [2.45, 2.75) is 25.7 Å². The molecule has 2 rings (SSSR count). The molecule has 0 aliphatic carbocycles. The van der Waals surface area contributed by atoms with Crippen molar-refractivity contribution in [3.63, 3.8) is 0 Å². The Kier molecular flexibility index (Phi) is 6.70. The first-order chi connectivity index (χ1) is 10.3. The van der Waals surface area contributed by atoms with E-state index in [1.165, 1.54) is 18.4 Å². The number of hydrogen-bond donors (Lipinski definition) is 2. The molecule has 21 heavy (non-hydrogen) atoms. The second-order valence-corrected chi connectivity index (χ2v) is 5.91. The molecule has 1 aliphatic heterocycles. The fourth-order valence-corrected chi connectivity index (χ4v) is 3.02. The van der Waals surface area contributed by atoms with Crippen LogP contribution in [-0.2, 0) is 11.2 Å². The highest BCUT2D eigenvalue weighted by molar-refractivity contribution is 5.78. The van der Waals surface area contributed by atoms with Crippen LogP contribution in [0.5, 0.6) is 0 Å². The van der Waals surface area contributed by atoms with Crippen LogP contribution in [0.3, 0.4) is 0 Å². The van der Waals surface area contributed by atoms with Crippen molar-refractivity contribution in [3.05, 3.63) is 35.9 Å². The van der Waals surface area contributed by atoms with E-state index in [4.69, 9.17) is 5.73 Å². The lowest BCUT2D eigenvalue weighted by Crippen LogP contribution is -2.43. The van der Waals surface area contributed by atoms with Gasteiger partial charge >= 0.3 is 0 Å². The molecule has 1 saturated heterocycles. The van der Waals surface area contributed by atoms with Crippen molar-refractivity contribution < 1.29 is 4.79 Å². The lowest BCUT2D eigenvalue weighted by atomic mass is 9.95. The van der Waals surface area contributed by atoms with Gasteiger partial charge in [0.2, 0.25) is 5.91 Å². The van der Waals surface area contributed by atoms with Crippen molar-refractivity contribution in [1.82, 2.24) is 10.2 Å². The van der Waals surface area contributed by atoms with Gasteiger partial charge in [0.05, 0.1) is 6.54 Å². The Hall–Kier alpha value is -1.39. The number of nitrogens with zero attached hydrogens (tertiary/aromatic N) is 1. The second kappa shape index (κ2) is 8.80. The third kappa shape index (κ3) is 5.86. The molecule has 3 N–H and O–H groups in total. The van der Waals surface area contributed by atoms with E-state index in [-0.39, 0.29) is 5.91 Å². The molecule has 1 atom stereocenters. The molecule has 1 heterocycles. The fourth-order valence-electron chi connectivity index (χ4n) is 3.02. The average molecular weight is 289 g/mol. The van der Waals surface area contributed by atoms with Crippen LogP contribution < -0.4 is 11.1 Å². The fraction of sp³-hybridized carbons (Fsp3) is 0.588. The van der Waals surface area contributed by atoms with Crippen LogP contribution in [0, 0.1) is 5.92 Å². The van der Waals surface area contributed by atoms with E-state index >= 15 is 0 Å². The van der Waals surface area contributed by atoms with Crippen LogP contribution in [0.1, 0.15) is 24.8 Å².